The molecule has 0 atom stereocenters. The molecule has 0 unspecified atom stereocenters. The van der Waals surface area contributed by atoms with E-state index >= 15 is 0 Å². The maximum atomic E-state index is 12.1. The van der Waals surface area contributed by atoms with Crippen LogP contribution in [0.2, 0.25) is 0 Å². The molecule has 5 heteroatoms. The van der Waals surface area contributed by atoms with E-state index in [4.69, 9.17) is 5.11 Å². The van der Waals surface area contributed by atoms with Gasteiger partial charge in [-0.05, 0) is 30.4 Å². The van der Waals surface area contributed by atoms with Crippen molar-refractivity contribution in [3.05, 3.63) is 35.4 Å². The van der Waals surface area contributed by atoms with Crippen molar-refractivity contribution in [1.82, 2.24) is 4.90 Å². The Morgan fingerprint density at radius 1 is 1.29 bits per heavy atom. The van der Waals surface area contributed by atoms with Gasteiger partial charge in [-0.2, -0.15) is 0 Å². The number of carboxylic acid groups (broad SMARTS) is 1. The number of aromatic carboxylic acids is 1. The lowest BCUT2D eigenvalue weighted by Crippen LogP contribution is -2.38. The minimum absolute atomic E-state index is 0.166. The lowest BCUT2D eigenvalue weighted by molar-refractivity contribution is -0.129. The van der Waals surface area contributed by atoms with Crippen LogP contribution in [-0.2, 0) is 10.5 Å². The first-order valence-corrected chi connectivity index (χ1v) is 8.40. The van der Waals surface area contributed by atoms with E-state index in [0.29, 0.717) is 23.0 Å². The molecule has 4 nitrogen and oxygen atoms in total. The van der Waals surface area contributed by atoms with Crippen LogP contribution in [0.1, 0.15) is 35.7 Å². The van der Waals surface area contributed by atoms with E-state index in [9.17, 15) is 9.59 Å². The number of carbonyl (C=O) groups is 2. The van der Waals surface area contributed by atoms with E-state index < -0.39 is 5.97 Å². The smallest absolute Gasteiger partial charge is 0.335 e. The van der Waals surface area contributed by atoms with Gasteiger partial charge in [0.1, 0.15) is 0 Å². The summed E-state index contributed by atoms with van der Waals surface area (Å²) in [6.07, 6.45) is 2.16. The van der Waals surface area contributed by atoms with Gasteiger partial charge in [-0.15, -0.1) is 11.8 Å². The molecule has 0 spiro atoms. The van der Waals surface area contributed by atoms with Crippen LogP contribution >= 0.6 is 11.8 Å². The van der Waals surface area contributed by atoms with Crippen molar-refractivity contribution in [2.24, 2.45) is 5.92 Å². The maximum absolute atomic E-state index is 12.1. The average molecular weight is 307 g/mol. The van der Waals surface area contributed by atoms with E-state index in [1.807, 2.05) is 17.0 Å². The Morgan fingerprint density at radius 2 is 1.95 bits per heavy atom. The van der Waals surface area contributed by atoms with E-state index in [1.165, 1.54) is 11.8 Å². The largest absolute Gasteiger partial charge is 0.478 e. The highest BCUT2D eigenvalue weighted by Crippen LogP contribution is 2.20. The van der Waals surface area contributed by atoms with Crippen LogP contribution in [0.4, 0.5) is 0 Å². The molecule has 0 aliphatic carbocycles. The minimum Gasteiger partial charge on any atom is -0.478 e. The molecule has 1 aliphatic rings. The molecule has 1 fully saturated rings. The Kier molecular flexibility index (Phi) is 5.67. The lowest BCUT2D eigenvalue weighted by atomic mass is 9.99. The van der Waals surface area contributed by atoms with Crippen LogP contribution in [0.25, 0.3) is 0 Å². The monoisotopic (exact) mass is 307 g/mol. The number of likely N-dealkylation sites (tertiary alicyclic amines) is 1. The SMILES string of the molecule is CC1CCN(C(=O)CSCc2ccccc2C(=O)O)CC1. The first-order valence-electron chi connectivity index (χ1n) is 7.24. The first kappa shape index (κ1) is 15.9. The van der Waals surface area contributed by atoms with Gasteiger partial charge in [-0.3, -0.25) is 4.79 Å². The standard InChI is InChI=1S/C16H21NO3S/c1-12-6-8-17(9-7-12)15(18)11-21-10-13-4-2-3-5-14(13)16(19)20/h2-5,12H,6-11H2,1H3,(H,19,20). The molecule has 1 amide bonds. The highest BCUT2D eigenvalue weighted by atomic mass is 32.2. The minimum atomic E-state index is -0.914. The molecule has 1 heterocycles. The molecular weight excluding hydrogens is 286 g/mol. The van der Waals surface area contributed by atoms with Gasteiger partial charge in [-0.1, -0.05) is 25.1 Å². The molecular formula is C16H21NO3S. The molecule has 0 saturated carbocycles. The average Bonchev–Trinajstić information content (AvgIpc) is 2.48. The van der Waals surface area contributed by atoms with Crippen molar-refractivity contribution in [2.45, 2.75) is 25.5 Å². The number of benzene rings is 1. The number of hydrogen-bond acceptors (Lipinski definition) is 3. The summed E-state index contributed by atoms with van der Waals surface area (Å²) >= 11 is 1.49. The molecule has 0 bridgehead atoms. The first-order chi connectivity index (χ1) is 10.1. The number of carbonyl (C=O) groups excluding carboxylic acids is 1. The van der Waals surface area contributed by atoms with E-state index in [2.05, 4.69) is 6.92 Å². The van der Waals surface area contributed by atoms with Crippen LogP contribution in [0.15, 0.2) is 24.3 Å². The van der Waals surface area contributed by atoms with E-state index in [0.717, 1.165) is 31.5 Å². The van der Waals surface area contributed by atoms with Crippen LogP contribution < -0.4 is 0 Å². The Morgan fingerprint density at radius 3 is 2.62 bits per heavy atom. The van der Waals surface area contributed by atoms with Crippen LogP contribution in [-0.4, -0.2) is 40.7 Å². The molecule has 1 aliphatic heterocycles. The third-order valence-electron chi connectivity index (χ3n) is 3.87. The molecule has 0 aromatic heterocycles. The van der Waals surface area contributed by atoms with Gasteiger partial charge in [0, 0.05) is 18.8 Å². The van der Waals surface area contributed by atoms with Gasteiger partial charge in [0.25, 0.3) is 0 Å². The molecule has 1 aromatic rings. The zero-order valence-electron chi connectivity index (χ0n) is 12.2. The molecule has 114 valence electrons. The number of carboxylic acids is 1. The molecule has 1 saturated heterocycles. The summed E-state index contributed by atoms with van der Waals surface area (Å²) in [5, 5.41) is 9.12. The number of piperidine rings is 1. The third-order valence-corrected chi connectivity index (χ3v) is 4.83. The van der Waals surface area contributed by atoms with Gasteiger partial charge < -0.3 is 10.0 Å². The van der Waals surface area contributed by atoms with Crippen molar-refractivity contribution in [3.63, 3.8) is 0 Å². The Labute approximate surface area is 129 Å². The van der Waals surface area contributed by atoms with Gasteiger partial charge in [0.15, 0.2) is 0 Å². The normalized spacial score (nSPS) is 16.0. The summed E-state index contributed by atoms with van der Waals surface area (Å²) in [6, 6.07) is 6.96. The summed E-state index contributed by atoms with van der Waals surface area (Å²) in [5.41, 5.74) is 1.10. The molecule has 21 heavy (non-hydrogen) atoms. The van der Waals surface area contributed by atoms with Crippen molar-refractivity contribution >= 4 is 23.6 Å². The predicted molar refractivity (Wildman–Crippen MR) is 84.5 cm³/mol. The van der Waals surface area contributed by atoms with Gasteiger partial charge in [0.05, 0.1) is 11.3 Å². The lowest BCUT2D eigenvalue weighted by Gasteiger charge is -2.30. The third kappa shape index (κ3) is 4.49. The molecule has 2 rings (SSSR count). The second-order valence-electron chi connectivity index (χ2n) is 5.52. The Hall–Kier alpha value is -1.49. The zero-order chi connectivity index (χ0) is 15.2. The number of thioether (sulfide) groups is 1. The fraction of sp³-hybridized carbons (Fsp3) is 0.500. The van der Waals surface area contributed by atoms with Gasteiger partial charge >= 0.3 is 5.97 Å². The summed E-state index contributed by atoms with van der Waals surface area (Å²) in [5.74, 6) is 0.937. The molecule has 1 N–H and O–H groups in total. The van der Waals surface area contributed by atoms with Crippen molar-refractivity contribution in [3.8, 4) is 0 Å². The van der Waals surface area contributed by atoms with Crippen molar-refractivity contribution in [1.29, 1.82) is 0 Å². The van der Waals surface area contributed by atoms with Crippen LogP contribution in [0.3, 0.4) is 0 Å². The van der Waals surface area contributed by atoms with Gasteiger partial charge in [-0.25, -0.2) is 4.79 Å². The van der Waals surface area contributed by atoms with E-state index in [-0.39, 0.29) is 5.91 Å². The number of rotatable bonds is 5. The maximum Gasteiger partial charge on any atom is 0.335 e. The molecule has 1 aromatic carbocycles. The van der Waals surface area contributed by atoms with Crippen LogP contribution in [0, 0.1) is 5.92 Å². The summed E-state index contributed by atoms with van der Waals surface area (Å²) in [6.45, 7) is 3.93. The predicted octanol–water partition coefficient (Wildman–Crippen LogP) is 2.88. The number of hydrogen-bond donors (Lipinski definition) is 1. The summed E-state index contributed by atoms with van der Waals surface area (Å²) in [4.78, 5) is 25.1. The fourth-order valence-corrected chi connectivity index (χ4v) is 3.38. The second kappa shape index (κ2) is 7.50. The van der Waals surface area contributed by atoms with E-state index in [1.54, 1.807) is 12.1 Å². The van der Waals surface area contributed by atoms with Crippen LogP contribution in [0.5, 0.6) is 0 Å². The highest BCUT2D eigenvalue weighted by molar-refractivity contribution is 7.99. The zero-order valence-corrected chi connectivity index (χ0v) is 13.1. The van der Waals surface area contributed by atoms with Crippen molar-refractivity contribution < 1.29 is 14.7 Å². The molecule has 0 radical (unpaired) electrons. The topological polar surface area (TPSA) is 57.6 Å². The fourth-order valence-electron chi connectivity index (χ4n) is 2.45. The number of nitrogens with zero attached hydrogens (tertiary/aromatic N) is 1. The van der Waals surface area contributed by atoms with Crippen molar-refractivity contribution in [2.75, 3.05) is 18.8 Å². The highest BCUT2D eigenvalue weighted by Gasteiger charge is 2.20. The Bertz CT molecular complexity index is 510. The summed E-state index contributed by atoms with van der Waals surface area (Å²) < 4.78 is 0. The second-order valence-corrected chi connectivity index (χ2v) is 6.50. The summed E-state index contributed by atoms with van der Waals surface area (Å²) in [7, 11) is 0. The quantitative estimate of drug-likeness (QED) is 0.909. The number of amides is 1. The van der Waals surface area contributed by atoms with Gasteiger partial charge in [0.2, 0.25) is 5.91 Å². The Balaban J connectivity index is 1.82.